The van der Waals surface area contributed by atoms with Gasteiger partial charge >= 0.3 is 0 Å². The van der Waals surface area contributed by atoms with Gasteiger partial charge in [-0.1, -0.05) is 12.5 Å². The molecule has 4 rings (SSSR count). The van der Waals surface area contributed by atoms with Gasteiger partial charge in [0.1, 0.15) is 12.4 Å². The van der Waals surface area contributed by atoms with Crippen molar-refractivity contribution >= 4 is 11.6 Å². The Morgan fingerprint density at radius 2 is 2.00 bits per heavy atom. The Bertz CT molecular complexity index is 1010. The van der Waals surface area contributed by atoms with Crippen LogP contribution in [0.1, 0.15) is 48.0 Å². The minimum absolute atomic E-state index is 0.231. The number of nitrogens with one attached hydrogen (secondary N) is 2. The van der Waals surface area contributed by atoms with Crippen LogP contribution in [0.2, 0.25) is 0 Å². The first kappa shape index (κ1) is 21.6. The van der Waals surface area contributed by atoms with Gasteiger partial charge in [-0.15, -0.1) is 5.10 Å². The van der Waals surface area contributed by atoms with Crippen LogP contribution in [0.25, 0.3) is 0 Å². The number of H-pyrrole nitrogens is 1. The van der Waals surface area contributed by atoms with Crippen LogP contribution in [0.3, 0.4) is 0 Å². The van der Waals surface area contributed by atoms with Crippen LogP contribution in [0, 0.1) is 0 Å². The van der Waals surface area contributed by atoms with Crippen LogP contribution in [0.5, 0.6) is 17.2 Å². The molecule has 1 atom stereocenters. The standard InChI is InChI=1S/C22H25N5O5/c28-12-3-1-2-4-13-30-16-10-8-15(9-11-16)22(29)23-17-6-5-7-18-20(17)32-19(14-31-18)21-24-26-27-25-21/h5-11,19,28H,1-4,12-14H2,(H,23,29)(H,24,25,26,27). The van der Waals surface area contributed by atoms with Crippen molar-refractivity contribution in [1.82, 2.24) is 20.6 Å². The molecule has 32 heavy (non-hydrogen) atoms. The minimum atomic E-state index is -0.504. The lowest BCUT2D eigenvalue weighted by molar-refractivity contribution is 0.0856. The van der Waals surface area contributed by atoms with E-state index in [9.17, 15) is 4.79 Å². The zero-order valence-corrected chi connectivity index (χ0v) is 17.5. The number of aromatic amines is 1. The molecule has 0 saturated carbocycles. The van der Waals surface area contributed by atoms with Crippen LogP contribution in [-0.2, 0) is 0 Å². The van der Waals surface area contributed by atoms with Gasteiger partial charge in [-0.05, 0) is 66.1 Å². The van der Waals surface area contributed by atoms with Crippen molar-refractivity contribution in [3.05, 3.63) is 53.9 Å². The van der Waals surface area contributed by atoms with Crippen LogP contribution in [0.15, 0.2) is 42.5 Å². The number of amides is 1. The number of fused-ring (bicyclic) bond motifs is 1. The average Bonchev–Trinajstić information content (AvgIpc) is 3.37. The summed E-state index contributed by atoms with van der Waals surface area (Å²) in [6.07, 6.45) is 3.25. The summed E-state index contributed by atoms with van der Waals surface area (Å²) >= 11 is 0. The number of carbonyl (C=O) groups is 1. The maximum absolute atomic E-state index is 12.8. The predicted octanol–water partition coefficient (Wildman–Crippen LogP) is 2.90. The number of nitrogens with zero attached hydrogens (tertiary/aromatic N) is 3. The molecule has 0 saturated heterocycles. The van der Waals surface area contributed by atoms with E-state index in [4.69, 9.17) is 19.3 Å². The van der Waals surface area contributed by atoms with Gasteiger partial charge in [0.25, 0.3) is 5.91 Å². The number of aromatic nitrogens is 4. The summed E-state index contributed by atoms with van der Waals surface area (Å²) in [6.45, 7) is 1.09. The van der Waals surface area contributed by atoms with Gasteiger partial charge in [0.05, 0.1) is 12.3 Å². The van der Waals surface area contributed by atoms with E-state index in [0.29, 0.717) is 40.9 Å². The predicted molar refractivity (Wildman–Crippen MR) is 115 cm³/mol. The first-order chi connectivity index (χ1) is 15.7. The minimum Gasteiger partial charge on any atom is -0.494 e. The Balaban J connectivity index is 1.35. The fourth-order valence-electron chi connectivity index (χ4n) is 3.28. The third-order valence-electron chi connectivity index (χ3n) is 4.98. The van der Waals surface area contributed by atoms with Crippen molar-refractivity contribution in [3.63, 3.8) is 0 Å². The summed E-state index contributed by atoms with van der Waals surface area (Å²) in [5.74, 6) is 1.84. The fraction of sp³-hybridized carbons (Fsp3) is 0.364. The highest BCUT2D eigenvalue weighted by molar-refractivity contribution is 6.05. The number of aliphatic hydroxyl groups is 1. The molecule has 10 nitrogen and oxygen atoms in total. The molecule has 0 aliphatic carbocycles. The lowest BCUT2D eigenvalue weighted by Crippen LogP contribution is -2.24. The molecule has 3 aromatic rings. The molecule has 168 valence electrons. The second-order valence-corrected chi connectivity index (χ2v) is 7.30. The molecule has 1 aliphatic rings. The highest BCUT2D eigenvalue weighted by Gasteiger charge is 2.28. The smallest absolute Gasteiger partial charge is 0.255 e. The third kappa shape index (κ3) is 5.33. The second kappa shape index (κ2) is 10.6. The number of unbranched alkanes of at least 4 members (excludes halogenated alkanes) is 3. The molecular weight excluding hydrogens is 414 g/mol. The molecule has 2 aromatic carbocycles. The molecule has 1 aliphatic heterocycles. The van der Waals surface area contributed by atoms with Gasteiger partial charge in [0, 0.05) is 12.2 Å². The molecule has 1 unspecified atom stereocenters. The quantitative estimate of drug-likeness (QED) is 0.411. The number of tetrazole rings is 1. The topological polar surface area (TPSA) is 131 Å². The highest BCUT2D eigenvalue weighted by Crippen LogP contribution is 2.41. The maximum Gasteiger partial charge on any atom is 0.255 e. The number of para-hydroxylation sites is 1. The molecule has 10 heteroatoms. The zero-order valence-electron chi connectivity index (χ0n) is 17.5. The molecule has 0 fully saturated rings. The summed E-state index contributed by atoms with van der Waals surface area (Å²) < 4.78 is 17.5. The first-order valence-corrected chi connectivity index (χ1v) is 10.6. The molecule has 1 aromatic heterocycles. The fourth-order valence-corrected chi connectivity index (χ4v) is 3.28. The van der Waals surface area contributed by atoms with Crippen LogP contribution in [0.4, 0.5) is 5.69 Å². The summed E-state index contributed by atoms with van der Waals surface area (Å²) in [6, 6.07) is 12.3. The average molecular weight is 439 g/mol. The first-order valence-electron chi connectivity index (χ1n) is 10.6. The summed E-state index contributed by atoms with van der Waals surface area (Å²) in [5.41, 5.74) is 0.985. The number of rotatable bonds is 10. The van der Waals surface area contributed by atoms with Gasteiger partial charge in [-0.3, -0.25) is 4.79 Å². The van der Waals surface area contributed by atoms with E-state index in [1.54, 1.807) is 42.5 Å². The van der Waals surface area contributed by atoms with E-state index in [0.717, 1.165) is 25.7 Å². The normalized spacial score (nSPS) is 14.7. The number of hydrogen-bond donors (Lipinski definition) is 3. The molecule has 0 spiro atoms. The zero-order chi connectivity index (χ0) is 22.2. The molecule has 1 amide bonds. The molecule has 3 N–H and O–H groups in total. The maximum atomic E-state index is 12.8. The lowest BCUT2D eigenvalue weighted by atomic mass is 10.2. The van der Waals surface area contributed by atoms with E-state index >= 15 is 0 Å². The van der Waals surface area contributed by atoms with Crippen LogP contribution in [-0.4, -0.2) is 51.5 Å². The van der Waals surface area contributed by atoms with Crippen molar-refractivity contribution in [3.8, 4) is 17.2 Å². The number of carbonyl (C=O) groups excluding carboxylic acids is 1. The molecular formula is C22H25N5O5. The second-order valence-electron chi connectivity index (χ2n) is 7.30. The largest absolute Gasteiger partial charge is 0.494 e. The van der Waals surface area contributed by atoms with E-state index in [2.05, 4.69) is 25.9 Å². The van der Waals surface area contributed by atoms with E-state index in [1.807, 2.05) is 0 Å². The Kier molecular flexibility index (Phi) is 7.13. The summed E-state index contributed by atoms with van der Waals surface area (Å²) in [4.78, 5) is 12.8. The number of hydrogen-bond acceptors (Lipinski definition) is 8. The van der Waals surface area contributed by atoms with Gasteiger partial charge in [0.2, 0.25) is 0 Å². The SMILES string of the molecule is O=C(Nc1cccc2c1OC(c1nnn[nH]1)CO2)c1ccc(OCCCCCCO)cc1. The van der Waals surface area contributed by atoms with Crippen molar-refractivity contribution in [2.24, 2.45) is 0 Å². The third-order valence-corrected chi connectivity index (χ3v) is 4.98. The van der Waals surface area contributed by atoms with Crippen molar-refractivity contribution in [1.29, 1.82) is 0 Å². The van der Waals surface area contributed by atoms with Crippen molar-refractivity contribution < 1.29 is 24.1 Å². The lowest BCUT2D eigenvalue weighted by Gasteiger charge is -2.26. The van der Waals surface area contributed by atoms with Crippen LogP contribution >= 0.6 is 0 Å². The van der Waals surface area contributed by atoms with Crippen LogP contribution < -0.4 is 19.5 Å². The highest BCUT2D eigenvalue weighted by atomic mass is 16.6. The van der Waals surface area contributed by atoms with E-state index < -0.39 is 6.10 Å². The van der Waals surface area contributed by atoms with E-state index in [1.165, 1.54) is 0 Å². The van der Waals surface area contributed by atoms with Gasteiger partial charge in [-0.25, -0.2) is 5.10 Å². The van der Waals surface area contributed by atoms with E-state index in [-0.39, 0.29) is 19.1 Å². The molecule has 0 bridgehead atoms. The summed E-state index contributed by atoms with van der Waals surface area (Å²) in [7, 11) is 0. The Labute approximate surface area is 184 Å². The number of anilines is 1. The number of aliphatic hydroxyl groups excluding tert-OH is 1. The Morgan fingerprint density at radius 1 is 1.16 bits per heavy atom. The van der Waals surface area contributed by atoms with Crippen molar-refractivity contribution in [2.45, 2.75) is 31.8 Å². The number of ether oxygens (including phenoxy) is 3. The van der Waals surface area contributed by atoms with Gasteiger partial charge < -0.3 is 24.6 Å². The number of benzene rings is 2. The monoisotopic (exact) mass is 439 g/mol. The Hall–Kier alpha value is -3.66. The Morgan fingerprint density at radius 3 is 2.78 bits per heavy atom. The van der Waals surface area contributed by atoms with Crippen molar-refractivity contribution in [2.75, 3.05) is 25.1 Å². The molecule has 2 heterocycles. The van der Waals surface area contributed by atoms with Gasteiger partial charge in [0.15, 0.2) is 23.4 Å². The summed E-state index contributed by atoms with van der Waals surface area (Å²) in [5, 5.41) is 25.3. The molecule has 0 radical (unpaired) electrons. The van der Waals surface area contributed by atoms with Gasteiger partial charge in [-0.2, -0.15) is 0 Å².